The van der Waals surface area contributed by atoms with Crippen LogP contribution in [-0.2, 0) is 29.0 Å². The first-order valence-corrected chi connectivity index (χ1v) is 11.7. The van der Waals surface area contributed by atoms with Gasteiger partial charge in [-0.2, -0.15) is 0 Å². The molecule has 3 aromatic carbocycles. The van der Waals surface area contributed by atoms with E-state index in [2.05, 4.69) is 5.32 Å². The van der Waals surface area contributed by atoms with Gasteiger partial charge in [0, 0.05) is 40.1 Å². The molecule has 1 N–H and O–H groups in total. The molecule has 1 unspecified atom stereocenters. The van der Waals surface area contributed by atoms with E-state index in [4.69, 9.17) is 46.4 Å². The molecule has 0 spiro atoms. The number of amides is 2. The van der Waals surface area contributed by atoms with Gasteiger partial charge in [0.2, 0.25) is 11.8 Å². The maximum Gasteiger partial charge on any atom is 0.242 e. The predicted molar refractivity (Wildman–Crippen MR) is 135 cm³/mol. The number of carbonyl (C=O) groups is 2. The molecule has 3 rings (SSSR count). The van der Waals surface area contributed by atoms with Gasteiger partial charge in [0.25, 0.3) is 0 Å². The fourth-order valence-electron chi connectivity index (χ4n) is 3.51. The standard InChI is InChI=1S/C25H22Cl4N2O2/c1-30-25(33)23(12-16-6-3-2-4-7-16)31(15-17-10-11-18(26)13-22(17)29)24(32)14-19-20(27)8-5-9-21(19)28/h2-11,13,23H,12,14-15H2,1H3,(H,30,33). The molecule has 0 aliphatic rings. The molecular formula is C25H22Cl4N2O2. The first kappa shape index (κ1) is 25.4. The summed E-state index contributed by atoms with van der Waals surface area (Å²) in [5, 5.41) is 4.35. The molecule has 8 heteroatoms. The molecule has 0 heterocycles. The predicted octanol–water partition coefficient (Wildman–Crippen LogP) is 6.23. The number of benzene rings is 3. The zero-order valence-corrected chi connectivity index (χ0v) is 20.8. The van der Waals surface area contributed by atoms with Crippen LogP contribution >= 0.6 is 46.4 Å². The van der Waals surface area contributed by atoms with E-state index in [0.29, 0.717) is 37.6 Å². The summed E-state index contributed by atoms with van der Waals surface area (Å²) in [6.45, 7) is 0.113. The lowest BCUT2D eigenvalue weighted by Crippen LogP contribution is -2.50. The highest BCUT2D eigenvalue weighted by Gasteiger charge is 2.31. The van der Waals surface area contributed by atoms with Crippen molar-refractivity contribution in [3.8, 4) is 0 Å². The number of nitrogens with one attached hydrogen (secondary N) is 1. The Kier molecular flexibility index (Phi) is 9.04. The third kappa shape index (κ3) is 6.64. The van der Waals surface area contributed by atoms with Crippen LogP contribution < -0.4 is 5.32 Å². The van der Waals surface area contributed by atoms with E-state index in [1.54, 1.807) is 43.4 Å². The van der Waals surface area contributed by atoms with E-state index in [9.17, 15) is 9.59 Å². The van der Waals surface area contributed by atoms with Crippen molar-refractivity contribution in [2.24, 2.45) is 0 Å². The van der Waals surface area contributed by atoms with Crippen LogP contribution in [0.1, 0.15) is 16.7 Å². The van der Waals surface area contributed by atoms with Gasteiger partial charge in [-0.15, -0.1) is 0 Å². The Morgan fingerprint density at radius 1 is 0.879 bits per heavy atom. The quantitative estimate of drug-likeness (QED) is 0.380. The monoisotopic (exact) mass is 522 g/mol. The van der Waals surface area contributed by atoms with E-state index in [0.717, 1.165) is 5.56 Å². The van der Waals surface area contributed by atoms with Crippen LogP contribution in [0.25, 0.3) is 0 Å². The molecule has 3 aromatic rings. The molecule has 2 amide bonds. The first-order chi connectivity index (χ1) is 15.8. The zero-order valence-electron chi connectivity index (χ0n) is 17.8. The molecule has 0 saturated carbocycles. The fourth-order valence-corrected chi connectivity index (χ4v) is 4.51. The van der Waals surface area contributed by atoms with E-state index < -0.39 is 6.04 Å². The Balaban J connectivity index is 2.01. The third-order valence-corrected chi connectivity index (χ3v) is 6.56. The molecule has 172 valence electrons. The van der Waals surface area contributed by atoms with Gasteiger partial charge in [0.15, 0.2) is 0 Å². The largest absolute Gasteiger partial charge is 0.357 e. The highest BCUT2D eigenvalue weighted by atomic mass is 35.5. The molecule has 33 heavy (non-hydrogen) atoms. The second-order valence-electron chi connectivity index (χ2n) is 7.45. The lowest BCUT2D eigenvalue weighted by molar-refractivity contribution is -0.140. The normalized spacial score (nSPS) is 11.7. The first-order valence-electron chi connectivity index (χ1n) is 10.2. The molecule has 0 radical (unpaired) electrons. The number of nitrogens with zero attached hydrogens (tertiary/aromatic N) is 1. The molecule has 0 aromatic heterocycles. The van der Waals surface area contributed by atoms with Crippen molar-refractivity contribution in [2.45, 2.75) is 25.4 Å². The molecule has 0 aliphatic heterocycles. The van der Waals surface area contributed by atoms with Crippen LogP contribution in [0.2, 0.25) is 20.1 Å². The van der Waals surface area contributed by atoms with Crippen LogP contribution in [0.4, 0.5) is 0 Å². The molecule has 0 bridgehead atoms. The smallest absolute Gasteiger partial charge is 0.242 e. The lowest BCUT2D eigenvalue weighted by atomic mass is 10.0. The van der Waals surface area contributed by atoms with Crippen molar-refractivity contribution in [1.82, 2.24) is 10.2 Å². The summed E-state index contributed by atoms with van der Waals surface area (Å²) in [4.78, 5) is 28.1. The van der Waals surface area contributed by atoms with Crippen molar-refractivity contribution in [2.75, 3.05) is 7.05 Å². The Morgan fingerprint density at radius 3 is 2.15 bits per heavy atom. The molecule has 1 atom stereocenters. The van der Waals surface area contributed by atoms with Gasteiger partial charge in [0.1, 0.15) is 6.04 Å². The zero-order chi connectivity index (χ0) is 24.0. The topological polar surface area (TPSA) is 49.4 Å². The van der Waals surface area contributed by atoms with Crippen molar-refractivity contribution in [1.29, 1.82) is 0 Å². The highest BCUT2D eigenvalue weighted by Crippen LogP contribution is 2.28. The summed E-state index contributed by atoms with van der Waals surface area (Å²) < 4.78 is 0. The van der Waals surface area contributed by atoms with Crippen LogP contribution in [0.3, 0.4) is 0 Å². The Labute approximate surface area is 213 Å². The van der Waals surface area contributed by atoms with Gasteiger partial charge >= 0.3 is 0 Å². The average molecular weight is 524 g/mol. The molecule has 0 aliphatic carbocycles. The summed E-state index contributed by atoms with van der Waals surface area (Å²) in [5.74, 6) is -0.594. The van der Waals surface area contributed by atoms with Gasteiger partial charge in [0.05, 0.1) is 6.42 Å². The van der Waals surface area contributed by atoms with Gasteiger partial charge in [-0.05, 0) is 41.0 Å². The van der Waals surface area contributed by atoms with Gasteiger partial charge in [-0.1, -0.05) is 88.9 Å². The molecule has 0 saturated heterocycles. The summed E-state index contributed by atoms with van der Waals surface area (Å²) >= 11 is 25.1. The number of rotatable bonds is 8. The van der Waals surface area contributed by atoms with E-state index in [1.807, 2.05) is 30.3 Å². The van der Waals surface area contributed by atoms with E-state index in [-0.39, 0.29) is 24.8 Å². The van der Waals surface area contributed by atoms with Crippen molar-refractivity contribution < 1.29 is 9.59 Å². The van der Waals surface area contributed by atoms with Crippen molar-refractivity contribution in [3.63, 3.8) is 0 Å². The van der Waals surface area contributed by atoms with Crippen LogP contribution in [0, 0.1) is 0 Å². The summed E-state index contributed by atoms with van der Waals surface area (Å²) in [6.07, 6.45) is 0.264. The number of halogens is 4. The summed E-state index contributed by atoms with van der Waals surface area (Å²) in [5.41, 5.74) is 2.09. The molecular weight excluding hydrogens is 502 g/mol. The van der Waals surface area contributed by atoms with Gasteiger partial charge in [-0.3, -0.25) is 9.59 Å². The minimum atomic E-state index is -0.780. The second-order valence-corrected chi connectivity index (χ2v) is 9.11. The van der Waals surface area contributed by atoms with Crippen LogP contribution in [-0.4, -0.2) is 29.8 Å². The van der Waals surface area contributed by atoms with Crippen molar-refractivity contribution in [3.05, 3.63) is 104 Å². The average Bonchev–Trinajstić information content (AvgIpc) is 2.80. The lowest BCUT2D eigenvalue weighted by Gasteiger charge is -2.31. The SMILES string of the molecule is CNC(=O)C(Cc1ccccc1)N(Cc1ccc(Cl)cc1Cl)C(=O)Cc1c(Cl)cccc1Cl. The van der Waals surface area contributed by atoms with Crippen molar-refractivity contribution >= 4 is 58.2 Å². The highest BCUT2D eigenvalue weighted by molar-refractivity contribution is 6.36. The maximum atomic E-state index is 13.6. The Morgan fingerprint density at radius 2 is 1.55 bits per heavy atom. The number of likely N-dealkylation sites (N-methyl/N-ethyl adjacent to an activating group) is 1. The van der Waals surface area contributed by atoms with E-state index in [1.165, 1.54) is 4.90 Å². The third-order valence-electron chi connectivity index (χ3n) is 5.26. The minimum absolute atomic E-state index is 0.0635. The fraction of sp³-hybridized carbons (Fsp3) is 0.200. The van der Waals surface area contributed by atoms with Crippen LogP contribution in [0.15, 0.2) is 66.7 Å². The number of carbonyl (C=O) groups excluding carboxylic acids is 2. The van der Waals surface area contributed by atoms with Gasteiger partial charge in [-0.25, -0.2) is 0 Å². The maximum absolute atomic E-state index is 13.6. The van der Waals surface area contributed by atoms with Gasteiger partial charge < -0.3 is 10.2 Å². The van der Waals surface area contributed by atoms with E-state index >= 15 is 0 Å². The summed E-state index contributed by atoms with van der Waals surface area (Å²) in [7, 11) is 1.54. The number of hydrogen-bond acceptors (Lipinski definition) is 2. The minimum Gasteiger partial charge on any atom is -0.357 e. The Bertz CT molecular complexity index is 1120. The Hall–Kier alpha value is -2.24. The molecule has 0 fully saturated rings. The molecule has 4 nitrogen and oxygen atoms in total. The summed E-state index contributed by atoms with van der Waals surface area (Å²) in [6, 6.07) is 18.9. The number of hydrogen-bond donors (Lipinski definition) is 1. The van der Waals surface area contributed by atoms with Crippen LogP contribution in [0.5, 0.6) is 0 Å². The second kappa shape index (κ2) is 11.8.